The largest absolute Gasteiger partial charge is 0.337 e. The maximum absolute atomic E-state index is 13.5. The molecule has 1 spiro atoms. The molecule has 0 radical (unpaired) electrons. The first-order valence-corrected chi connectivity index (χ1v) is 13.9. The van der Waals surface area contributed by atoms with Gasteiger partial charge in [0.2, 0.25) is 5.95 Å². The molecule has 9 nitrogen and oxygen atoms in total. The molecular weight excluding hydrogens is 464 g/mol. The van der Waals surface area contributed by atoms with Crippen LogP contribution in [0.15, 0.2) is 47.8 Å². The van der Waals surface area contributed by atoms with Gasteiger partial charge in [0.05, 0.1) is 11.1 Å². The third kappa shape index (κ3) is 3.30. The normalized spacial score (nSPS) is 24.3. The molecule has 2 fully saturated rings. The van der Waals surface area contributed by atoms with Crippen LogP contribution in [-0.4, -0.2) is 58.7 Å². The zero-order valence-corrected chi connectivity index (χ0v) is 20.9. The van der Waals surface area contributed by atoms with Crippen LogP contribution in [0.3, 0.4) is 0 Å². The lowest BCUT2D eigenvalue weighted by molar-refractivity contribution is -0.121. The highest BCUT2D eigenvalue weighted by Gasteiger charge is 2.66. The summed E-state index contributed by atoms with van der Waals surface area (Å²) in [6, 6.07) is 6.94. The molecule has 0 unspecified atom stereocenters. The number of fused-ring (bicyclic) bond motifs is 1. The fourth-order valence-electron chi connectivity index (χ4n) is 5.81. The van der Waals surface area contributed by atoms with Gasteiger partial charge in [-0.1, -0.05) is 19.8 Å². The number of likely N-dealkylation sites (N-methyl/N-ethyl adjacent to an activating group) is 1. The monoisotopic (exact) mass is 492 g/mol. The van der Waals surface area contributed by atoms with E-state index >= 15 is 0 Å². The van der Waals surface area contributed by atoms with E-state index in [0.29, 0.717) is 17.8 Å². The van der Waals surface area contributed by atoms with Crippen LogP contribution >= 0.6 is 0 Å². The molecule has 2 aromatic heterocycles. The first-order valence-electron chi connectivity index (χ1n) is 12.0. The topological polar surface area (TPSA) is 101 Å². The van der Waals surface area contributed by atoms with Crippen molar-refractivity contribution in [3.63, 3.8) is 0 Å². The summed E-state index contributed by atoms with van der Waals surface area (Å²) in [4.78, 5) is 31.9. The number of imidazole rings is 1. The van der Waals surface area contributed by atoms with E-state index in [4.69, 9.17) is 4.98 Å². The lowest BCUT2D eigenvalue weighted by atomic mass is 10.0. The predicted octanol–water partition coefficient (Wildman–Crippen LogP) is 3.24. The van der Waals surface area contributed by atoms with E-state index < -0.39 is 15.4 Å². The average molecular weight is 493 g/mol. The molecule has 0 saturated heterocycles. The van der Waals surface area contributed by atoms with Crippen LogP contribution in [0.25, 0.3) is 17.3 Å². The number of hydrogen-bond acceptors (Lipinski definition) is 7. The predicted molar refractivity (Wildman–Crippen MR) is 132 cm³/mol. The van der Waals surface area contributed by atoms with Crippen LogP contribution in [0, 0.1) is 5.92 Å². The number of rotatable bonds is 4. The van der Waals surface area contributed by atoms with Crippen LogP contribution < -0.4 is 9.80 Å². The molecule has 35 heavy (non-hydrogen) atoms. The van der Waals surface area contributed by atoms with Crippen LogP contribution in [-0.2, 0) is 14.6 Å². The number of amides is 1. The molecule has 3 aromatic rings. The summed E-state index contributed by atoms with van der Waals surface area (Å²) in [7, 11) is -1.47. The van der Waals surface area contributed by atoms with Crippen LogP contribution in [0.5, 0.6) is 0 Å². The Balaban J connectivity index is 1.45. The second kappa shape index (κ2) is 7.61. The lowest BCUT2D eigenvalue weighted by Gasteiger charge is -2.45. The van der Waals surface area contributed by atoms with Crippen molar-refractivity contribution in [2.45, 2.75) is 55.5 Å². The minimum Gasteiger partial charge on any atom is -0.337 e. The molecule has 6 rings (SSSR count). The summed E-state index contributed by atoms with van der Waals surface area (Å²) in [6.07, 6.45) is 11.7. The maximum atomic E-state index is 13.5. The number of carbonyl (C=O) groups excluding carboxylic acids is 1. The van der Waals surface area contributed by atoms with Gasteiger partial charge < -0.3 is 9.80 Å². The second-order valence-corrected chi connectivity index (χ2v) is 12.0. The van der Waals surface area contributed by atoms with E-state index in [0.717, 1.165) is 49.2 Å². The smallest absolute Gasteiger partial charge is 0.253 e. The minimum atomic E-state index is -3.28. The van der Waals surface area contributed by atoms with Crippen molar-refractivity contribution in [1.29, 1.82) is 0 Å². The molecule has 1 aromatic carbocycles. The fraction of sp³-hybridized carbons (Fsp3) is 0.440. The van der Waals surface area contributed by atoms with Crippen LogP contribution in [0.4, 0.5) is 11.5 Å². The average Bonchev–Trinajstić information content (AvgIpc) is 3.24. The van der Waals surface area contributed by atoms with Crippen molar-refractivity contribution in [2.75, 3.05) is 23.1 Å². The number of hydrogen-bond donors (Lipinski definition) is 0. The highest BCUT2D eigenvalue weighted by Crippen LogP contribution is 2.57. The molecule has 10 heteroatoms. The van der Waals surface area contributed by atoms with E-state index in [2.05, 4.69) is 21.8 Å². The molecule has 3 heterocycles. The van der Waals surface area contributed by atoms with Crippen molar-refractivity contribution < 1.29 is 13.2 Å². The summed E-state index contributed by atoms with van der Waals surface area (Å²) in [5.41, 5.74) is 0.979. The molecule has 2 saturated carbocycles. The van der Waals surface area contributed by atoms with Crippen molar-refractivity contribution >= 4 is 27.2 Å². The Hall–Kier alpha value is -3.27. The molecule has 2 atom stereocenters. The number of benzene rings is 1. The van der Waals surface area contributed by atoms with E-state index in [9.17, 15) is 13.2 Å². The Bertz CT molecular complexity index is 1430. The van der Waals surface area contributed by atoms with Crippen molar-refractivity contribution in [1.82, 2.24) is 19.5 Å². The number of aromatic nitrogens is 4. The molecule has 182 valence electrons. The summed E-state index contributed by atoms with van der Waals surface area (Å²) in [5, 5.41) is 0. The van der Waals surface area contributed by atoms with Gasteiger partial charge in [0, 0.05) is 37.3 Å². The Morgan fingerprint density at radius 3 is 2.40 bits per heavy atom. The zero-order chi connectivity index (χ0) is 24.5. The molecule has 1 amide bonds. The first kappa shape index (κ1) is 22.2. The standard InChI is InChI=1S/C25H28N6O3S/c1-16-14-25(16)23(32)29(2)20-15-27-24(28-22(20)31(25)18-6-4-5-7-18)30-13-12-26-21(30)17-8-10-19(11-9-17)35(3,33)34/h8-13,15-16,18H,4-7,14H2,1-3H3/t16-,25-/m0/s1. The van der Waals surface area contributed by atoms with E-state index in [-0.39, 0.29) is 16.7 Å². The van der Waals surface area contributed by atoms with Gasteiger partial charge in [-0.25, -0.2) is 18.4 Å². The number of nitrogens with zero attached hydrogens (tertiary/aromatic N) is 6. The van der Waals surface area contributed by atoms with E-state index in [1.165, 1.54) is 6.26 Å². The number of anilines is 2. The molecule has 0 N–H and O–H groups in total. The lowest BCUT2D eigenvalue weighted by Crippen LogP contribution is -2.59. The summed E-state index contributed by atoms with van der Waals surface area (Å²) in [5.74, 6) is 2.31. The van der Waals surface area contributed by atoms with Gasteiger partial charge >= 0.3 is 0 Å². The number of carbonyl (C=O) groups is 1. The minimum absolute atomic E-state index is 0.134. The maximum Gasteiger partial charge on any atom is 0.253 e. The van der Waals surface area contributed by atoms with Gasteiger partial charge in [-0.15, -0.1) is 0 Å². The van der Waals surface area contributed by atoms with Crippen molar-refractivity contribution in [3.8, 4) is 17.3 Å². The molecule has 0 bridgehead atoms. The van der Waals surface area contributed by atoms with Crippen LogP contribution in [0.1, 0.15) is 39.0 Å². The first-order chi connectivity index (χ1) is 16.7. The fourth-order valence-corrected chi connectivity index (χ4v) is 6.44. The van der Waals surface area contributed by atoms with Crippen molar-refractivity contribution in [2.24, 2.45) is 5.92 Å². The van der Waals surface area contributed by atoms with Gasteiger partial charge in [0.15, 0.2) is 15.7 Å². The summed E-state index contributed by atoms with van der Waals surface area (Å²) in [6.45, 7) is 2.15. The van der Waals surface area contributed by atoms with Crippen molar-refractivity contribution in [3.05, 3.63) is 42.9 Å². The Morgan fingerprint density at radius 2 is 1.77 bits per heavy atom. The van der Waals surface area contributed by atoms with Gasteiger partial charge in [0.25, 0.3) is 5.91 Å². The molecule has 3 aliphatic rings. The van der Waals surface area contributed by atoms with Crippen LogP contribution in [0.2, 0.25) is 0 Å². The highest BCUT2D eigenvalue weighted by atomic mass is 32.2. The Kier molecular flexibility index (Phi) is 4.83. The highest BCUT2D eigenvalue weighted by molar-refractivity contribution is 7.90. The number of sulfone groups is 1. The second-order valence-electron chi connectivity index (χ2n) is 10.00. The Morgan fingerprint density at radius 1 is 1.09 bits per heavy atom. The van der Waals surface area contributed by atoms with E-state index in [1.54, 1.807) is 47.8 Å². The quantitative estimate of drug-likeness (QED) is 0.551. The zero-order valence-electron chi connectivity index (χ0n) is 20.0. The third-order valence-corrected chi connectivity index (χ3v) is 8.92. The summed E-state index contributed by atoms with van der Waals surface area (Å²) >= 11 is 0. The SMILES string of the molecule is C[C@H]1C[C@@]12C(=O)N(C)c1cnc(-n3ccnc3-c3ccc(S(C)(=O)=O)cc3)nc1N2C1CCCC1. The third-order valence-electron chi connectivity index (χ3n) is 7.79. The van der Waals surface area contributed by atoms with Gasteiger partial charge in [-0.05, 0) is 49.4 Å². The molecular formula is C25H28N6O3S. The van der Waals surface area contributed by atoms with E-state index in [1.807, 2.05) is 11.6 Å². The summed E-state index contributed by atoms with van der Waals surface area (Å²) < 4.78 is 25.5. The molecule has 2 aliphatic carbocycles. The van der Waals surface area contributed by atoms with Gasteiger partial charge in [-0.2, -0.15) is 4.98 Å². The Labute approximate surface area is 204 Å². The van der Waals surface area contributed by atoms with Gasteiger partial charge in [-0.3, -0.25) is 9.36 Å². The van der Waals surface area contributed by atoms with Gasteiger partial charge in [0.1, 0.15) is 17.1 Å². The molecule has 1 aliphatic heterocycles.